The Balaban J connectivity index is 1.16. The van der Waals surface area contributed by atoms with E-state index in [0.29, 0.717) is 63.8 Å². The highest BCUT2D eigenvalue weighted by atomic mass is 32.1. The van der Waals surface area contributed by atoms with Gasteiger partial charge in [-0.15, -0.1) is 0 Å². The van der Waals surface area contributed by atoms with Crippen molar-refractivity contribution in [3.63, 3.8) is 0 Å². The molecule has 0 aliphatic carbocycles. The lowest BCUT2D eigenvalue weighted by Crippen LogP contribution is -2.19. The number of esters is 1. The number of fused-ring (bicyclic) bond motifs is 2. The summed E-state index contributed by atoms with van der Waals surface area (Å²) in [5.41, 5.74) is 4.63. The number of para-hydroxylation sites is 1. The molecular formula is C49H42FN3O5S2. The predicted molar refractivity (Wildman–Crippen MR) is 243 cm³/mol. The largest absolute Gasteiger partial charge is 0.494 e. The Kier molecular flexibility index (Phi) is 13.6. The normalized spacial score (nSPS) is 11.2. The van der Waals surface area contributed by atoms with Crippen LogP contribution in [0.3, 0.4) is 0 Å². The van der Waals surface area contributed by atoms with E-state index in [-0.39, 0.29) is 0 Å². The van der Waals surface area contributed by atoms with E-state index in [0.717, 1.165) is 56.9 Å². The van der Waals surface area contributed by atoms with Crippen molar-refractivity contribution in [3.05, 3.63) is 144 Å². The summed E-state index contributed by atoms with van der Waals surface area (Å²) in [6, 6.07) is 36.0. The minimum absolute atomic E-state index is 0.315. The van der Waals surface area contributed by atoms with E-state index in [1.807, 2.05) is 53.5 Å². The van der Waals surface area contributed by atoms with Gasteiger partial charge in [-0.25, -0.2) is 24.0 Å². The number of thiazole rings is 1. The molecule has 0 aliphatic heterocycles. The second-order valence-corrected chi connectivity index (χ2v) is 15.9. The summed E-state index contributed by atoms with van der Waals surface area (Å²) in [6.07, 6.45) is 4.52. The first kappa shape index (κ1) is 41.7. The number of halogens is 1. The Hall–Kier alpha value is -6.48. The number of thiol groups is 1. The average molecular weight is 836 g/mol. The number of carboxylic acid groups (broad SMARTS) is 1. The van der Waals surface area contributed by atoms with E-state index in [4.69, 9.17) is 24.7 Å². The molecule has 0 radical (unpaired) electrons. The highest BCUT2D eigenvalue weighted by Gasteiger charge is 2.17. The summed E-state index contributed by atoms with van der Waals surface area (Å²) in [6.45, 7) is 5.56. The smallest absolute Gasteiger partial charge is 0.382 e. The highest BCUT2D eigenvalue weighted by Crippen LogP contribution is 2.34. The van der Waals surface area contributed by atoms with Crippen LogP contribution in [0.2, 0.25) is 0 Å². The Morgan fingerprint density at radius 1 is 0.883 bits per heavy atom. The van der Waals surface area contributed by atoms with Gasteiger partial charge in [0, 0.05) is 29.2 Å². The van der Waals surface area contributed by atoms with Gasteiger partial charge in [-0.2, -0.15) is 17.7 Å². The minimum atomic E-state index is -1.22. The van der Waals surface area contributed by atoms with Gasteiger partial charge in [0.15, 0.2) is 0 Å². The zero-order chi connectivity index (χ0) is 42.0. The molecule has 8 nitrogen and oxygen atoms in total. The van der Waals surface area contributed by atoms with E-state index in [1.165, 1.54) is 6.07 Å². The average Bonchev–Trinajstić information content (AvgIpc) is 3.69. The Labute approximate surface area is 357 Å². The maximum atomic E-state index is 16.2. The van der Waals surface area contributed by atoms with Gasteiger partial charge in [0.2, 0.25) is 5.13 Å². The van der Waals surface area contributed by atoms with E-state index >= 15 is 4.39 Å². The first-order valence-electron chi connectivity index (χ1n) is 19.6. The van der Waals surface area contributed by atoms with E-state index in [2.05, 4.69) is 38.3 Å². The standard InChI is InChI=1S/C49H42FN3O5S2/c1-32(2)23-24-53(49-52-45-7-3-4-8-46(45)60-49)51-31-39-29-43(44(50)30-42(39)34-12-9-33(10-13-34)11-22-47(54)55)35-16-19-40(20-17-35)58-48(56)38-15-14-37-28-41(21-18-36(37)27-38)57-25-5-6-26-59/h3-4,7-10,12-21,27-32,59H,5-6,23-26H2,1-2H3,(H,54,55)/b51-31+. The van der Waals surface area contributed by atoms with E-state index < -0.39 is 17.8 Å². The summed E-state index contributed by atoms with van der Waals surface area (Å²) < 4.78 is 28.9. The van der Waals surface area contributed by atoms with Gasteiger partial charge in [0.1, 0.15) is 17.3 Å². The molecule has 60 heavy (non-hydrogen) atoms. The van der Waals surface area contributed by atoms with Crippen LogP contribution in [0.4, 0.5) is 9.52 Å². The number of nitrogens with zero attached hydrogens (tertiary/aromatic N) is 3. The topological polar surface area (TPSA) is 101 Å². The van der Waals surface area contributed by atoms with Crippen LogP contribution in [0.25, 0.3) is 43.2 Å². The summed E-state index contributed by atoms with van der Waals surface area (Å²) in [7, 11) is 0. The molecule has 0 spiro atoms. The molecule has 1 N–H and O–H groups in total. The maximum Gasteiger partial charge on any atom is 0.382 e. The van der Waals surface area contributed by atoms with Gasteiger partial charge in [-0.1, -0.05) is 79.6 Å². The zero-order valence-electron chi connectivity index (χ0n) is 33.1. The second kappa shape index (κ2) is 19.5. The van der Waals surface area contributed by atoms with Crippen molar-refractivity contribution in [2.45, 2.75) is 33.1 Å². The number of aliphatic carboxylic acids is 1. The first-order chi connectivity index (χ1) is 29.1. The predicted octanol–water partition coefficient (Wildman–Crippen LogP) is 11.6. The SMILES string of the molecule is CC(C)CCN(/N=C/c1cc(-c2ccc(OC(=O)c3ccc4cc(OCCCCS)ccc4c3)cc2)c(F)cc1-c1ccc(C#CC(=O)O)cc1)c1nc2ccccc2s1. The maximum absolute atomic E-state index is 16.2. The number of ether oxygens (including phenoxy) is 2. The van der Waals surface area contributed by atoms with Gasteiger partial charge in [-0.3, -0.25) is 0 Å². The van der Waals surface area contributed by atoms with Gasteiger partial charge in [-0.05, 0) is 131 Å². The molecule has 1 heterocycles. The summed E-state index contributed by atoms with van der Waals surface area (Å²) in [5, 5.41) is 18.4. The lowest BCUT2D eigenvalue weighted by atomic mass is 9.94. The Bertz CT molecular complexity index is 2700. The first-order valence-corrected chi connectivity index (χ1v) is 21.0. The third-order valence-corrected chi connectivity index (χ3v) is 11.0. The van der Waals surface area contributed by atoms with Crippen LogP contribution in [-0.2, 0) is 4.79 Å². The van der Waals surface area contributed by atoms with Crippen LogP contribution in [0.5, 0.6) is 11.5 Å². The fraction of sp³-hybridized carbons (Fsp3) is 0.184. The molecule has 6 aromatic carbocycles. The third kappa shape index (κ3) is 10.6. The highest BCUT2D eigenvalue weighted by molar-refractivity contribution is 7.80. The molecule has 0 fully saturated rings. The van der Waals surface area contributed by atoms with Crippen LogP contribution >= 0.6 is 24.0 Å². The van der Waals surface area contributed by atoms with E-state index in [1.54, 1.807) is 84.3 Å². The number of carbonyl (C=O) groups is 2. The Morgan fingerprint density at radius 2 is 1.60 bits per heavy atom. The number of hydrogen-bond donors (Lipinski definition) is 2. The number of benzene rings is 6. The second-order valence-electron chi connectivity index (χ2n) is 14.5. The molecule has 0 unspecified atom stereocenters. The quantitative estimate of drug-likeness (QED) is 0.0202. The molecule has 302 valence electrons. The van der Waals surface area contributed by atoms with Crippen molar-refractivity contribution in [1.82, 2.24) is 4.98 Å². The minimum Gasteiger partial charge on any atom is -0.494 e. The molecule has 0 atom stereocenters. The molecule has 0 amide bonds. The number of hydrazone groups is 1. The molecule has 0 saturated carbocycles. The lowest BCUT2D eigenvalue weighted by Gasteiger charge is -2.18. The summed E-state index contributed by atoms with van der Waals surface area (Å²) >= 11 is 5.80. The summed E-state index contributed by atoms with van der Waals surface area (Å²) in [5.74, 6) is 4.88. The van der Waals surface area contributed by atoms with Gasteiger partial charge >= 0.3 is 11.9 Å². The van der Waals surface area contributed by atoms with E-state index in [9.17, 15) is 9.59 Å². The van der Waals surface area contributed by atoms with Crippen LogP contribution < -0.4 is 14.5 Å². The van der Waals surface area contributed by atoms with Gasteiger partial charge in [0.05, 0.1) is 28.6 Å². The molecule has 0 aliphatic rings. The third-order valence-electron chi connectivity index (χ3n) is 9.65. The number of aromatic nitrogens is 1. The van der Waals surface area contributed by atoms with Gasteiger partial charge < -0.3 is 14.6 Å². The number of carbonyl (C=O) groups excluding carboxylic acids is 1. The summed E-state index contributed by atoms with van der Waals surface area (Å²) in [4.78, 5) is 29.1. The fourth-order valence-electron chi connectivity index (χ4n) is 6.43. The van der Waals surface area contributed by atoms with Crippen LogP contribution in [0, 0.1) is 23.6 Å². The van der Waals surface area contributed by atoms with Crippen molar-refractivity contribution in [2.24, 2.45) is 11.0 Å². The number of unbranched alkanes of at least 4 members (excludes halogenated alkanes) is 1. The molecular weight excluding hydrogens is 794 g/mol. The molecule has 1 aromatic heterocycles. The number of hydrogen-bond acceptors (Lipinski definition) is 9. The van der Waals surface area contributed by atoms with Gasteiger partial charge in [0.25, 0.3) is 0 Å². The number of anilines is 1. The zero-order valence-corrected chi connectivity index (χ0v) is 34.8. The van der Waals surface area contributed by atoms with Crippen molar-refractivity contribution in [2.75, 3.05) is 23.9 Å². The number of carboxylic acids is 1. The monoisotopic (exact) mass is 835 g/mol. The van der Waals surface area contributed by atoms with Crippen molar-refractivity contribution in [3.8, 4) is 45.6 Å². The molecule has 11 heteroatoms. The fourth-order valence-corrected chi connectivity index (χ4v) is 7.60. The molecule has 7 rings (SSSR count). The van der Waals surface area contributed by atoms with Crippen LogP contribution in [-0.4, -0.2) is 47.1 Å². The van der Waals surface area contributed by atoms with Crippen molar-refractivity contribution < 1.29 is 28.6 Å². The molecule has 7 aromatic rings. The van der Waals surface area contributed by atoms with Crippen LogP contribution in [0.15, 0.2) is 126 Å². The number of rotatable bonds is 15. The van der Waals surface area contributed by atoms with Crippen molar-refractivity contribution in [1.29, 1.82) is 0 Å². The lowest BCUT2D eigenvalue weighted by molar-refractivity contribution is -0.130. The molecule has 0 bridgehead atoms. The van der Waals surface area contributed by atoms with Crippen molar-refractivity contribution >= 4 is 68.2 Å². The molecule has 0 saturated heterocycles. The Morgan fingerprint density at radius 3 is 2.35 bits per heavy atom. The van der Waals surface area contributed by atoms with Crippen LogP contribution in [0.1, 0.15) is 54.6 Å².